The Bertz CT molecular complexity index is 566. The summed E-state index contributed by atoms with van der Waals surface area (Å²) in [4.78, 5) is 24.6. The maximum Gasteiger partial charge on any atom is 0.278 e. The highest BCUT2D eigenvalue weighted by Crippen LogP contribution is 2.33. The van der Waals surface area contributed by atoms with E-state index in [1.807, 2.05) is 12.1 Å². The predicted octanol–water partition coefficient (Wildman–Crippen LogP) is 2.08. The molecule has 2 aliphatic rings. The van der Waals surface area contributed by atoms with Crippen LogP contribution in [-0.2, 0) is 9.59 Å². The van der Waals surface area contributed by atoms with Crippen LogP contribution < -0.4 is 15.4 Å². The van der Waals surface area contributed by atoms with Crippen molar-refractivity contribution in [3.63, 3.8) is 0 Å². The smallest absolute Gasteiger partial charge is 0.278 e. The Balaban J connectivity index is 1.70. The molecule has 0 radical (unpaired) electrons. The largest absolute Gasteiger partial charge is 0.466 e. The lowest BCUT2D eigenvalue weighted by atomic mass is 10.0. The number of carbonyl (C=O) groups is 2. The highest BCUT2D eigenvalue weighted by Gasteiger charge is 2.47. The zero-order valence-electron chi connectivity index (χ0n) is 12.1. The molecule has 1 aromatic rings. The molecule has 1 aliphatic carbocycles. The number of ether oxygens (including phenoxy) is 1. The summed E-state index contributed by atoms with van der Waals surface area (Å²) >= 11 is 0. The number of nitrogens with one attached hydrogen (secondary N) is 2. The highest BCUT2D eigenvalue weighted by atomic mass is 16.5. The van der Waals surface area contributed by atoms with Crippen LogP contribution >= 0.6 is 0 Å². The molecular formula is C16H20N2O3. The predicted molar refractivity (Wildman–Crippen MR) is 79.1 cm³/mol. The molecule has 5 nitrogen and oxygen atoms in total. The second kappa shape index (κ2) is 5.39. The van der Waals surface area contributed by atoms with Crippen LogP contribution in [0.25, 0.3) is 0 Å². The van der Waals surface area contributed by atoms with Crippen molar-refractivity contribution in [2.75, 3.05) is 11.9 Å². The van der Waals surface area contributed by atoms with Crippen molar-refractivity contribution < 1.29 is 14.3 Å². The number of rotatable bonds is 3. The van der Waals surface area contributed by atoms with Crippen molar-refractivity contribution in [2.24, 2.45) is 5.92 Å². The number of para-hydroxylation sites is 2. The second-order valence-electron chi connectivity index (χ2n) is 5.95. The third-order valence-corrected chi connectivity index (χ3v) is 4.34. The van der Waals surface area contributed by atoms with E-state index in [2.05, 4.69) is 10.6 Å². The quantitative estimate of drug-likeness (QED) is 0.837. The van der Waals surface area contributed by atoms with E-state index in [0.717, 1.165) is 12.8 Å². The number of hydrogen-bond acceptors (Lipinski definition) is 3. The summed E-state index contributed by atoms with van der Waals surface area (Å²) in [6.07, 6.45) is 4.74. The van der Waals surface area contributed by atoms with Crippen LogP contribution in [0.5, 0.6) is 5.75 Å². The Morgan fingerprint density at radius 3 is 2.86 bits per heavy atom. The fraction of sp³-hybridized carbons (Fsp3) is 0.500. The standard InChI is InChI=1S/C16H20N2O3/c1-16(14(19)17-10-11-6-2-3-7-11)15(20)18-12-8-4-5-9-13(12)21-16/h4-5,8-9,11H,2-3,6-7,10H2,1H3,(H,17,19)(H,18,20)/t16-/m0/s1. The van der Waals surface area contributed by atoms with Gasteiger partial charge in [-0.05, 0) is 37.8 Å². The topological polar surface area (TPSA) is 67.4 Å². The van der Waals surface area contributed by atoms with Crippen LogP contribution in [0.4, 0.5) is 5.69 Å². The monoisotopic (exact) mass is 288 g/mol. The van der Waals surface area contributed by atoms with Gasteiger partial charge in [0.25, 0.3) is 17.4 Å². The third kappa shape index (κ3) is 2.60. The first kappa shape index (κ1) is 13.9. The molecule has 1 aromatic carbocycles. The molecule has 1 heterocycles. The van der Waals surface area contributed by atoms with Gasteiger partial charge >= 0.3 is 0 Å². The van der Waals surface area contributed by atoms with Crippen LogP contribution in [0.3, 0.4) is 0 Å². The first-order valence-electron chi connectivity index (χ1n) is 7.47. The Kier molecular flexibility index (Phi) is 3.57. The van der Waals surface area contributed by atoms with E-state index in [9.17, 15) is 9.59 Å². The van der Waals surface area contributed by atoms with Gasteiger partial charge in [0.2, 0.25) is 0 Å². The van der Waals surface area contributed by atoms with Gasteiger partial charge in [-0.25, -0.2) is 0 Å². The number of anilines is 1. The highest BCUT2D eigenvalue weighted by molar-refractivity contribution is 6.15. The van der Waals surface area contributed by atoms with Crippen molar-refractivity contribution in [1.29, 1.82) is 0 Å². The van der Waals surface area contributed by atoms with Gasteiger partial charge in [-0.3, -0.25) is 9.59 Å². The number of carbonyl (C=O) groups excluding carboxylic acids is 2. The maximum absolute atomic E-state index is 12.4. The lowest BCUT2D eigenvalue weighted by Gasteiger charge is -2.33. The summed E-state index contributed by atoms with van der Waals surface area (Å²) in [5.74, 6) is 0.249. The van der Waals surface area contributed by atoms with Gasteiger partial charge in [-0.15, -0.1) is 0 Å². The number of hydrogen-bond donors (Lipinski definition) is 2. The van der Waals surface area contributed by atoms with Gasteiger partial charge in [0, 0.05) is 6.54 Å². The average Bonchev–Trinajstić information content (AvgIpc) is 2.99. The molecule has 2 amide bonds. The first-order chi connectivity index (χ1) is 10.1. The molecule has 21 heavy (non-hydrogen) atoms. The summed E-state index contributed by atoms with van der Waals surface area (Å²) < 4.78 is 5.68. The fourth-order valence-corrected chi connectivity index (χ4v) is 2.94. The molecule has 0 bridgehead atoms. The normalized spacial score (nSPS) is 24.9. The molecular weight excluding hydrogens is 268 g/mol. The molecule has 2 N–H and O–H groups in total. The lowest BCUT2D eigenvalue weighted by Crippen LogP contribution is -2.59. The van der Waals surface area contributed by atoms with E-state index in [4.69, 9.17) is 4.74 Å². The van der Waals surface area contributed by atoms with Gasteiger partial charge in [-0.2, -0.15) is 0 Å². The van der Waals surface area contributed by atoms with Crippen LogP contribution in [0, 0.1) is 5.92 Å². The van der Waals surface area contributed by atoms with E-state index in [-0.39, 0.29) is 5.91 Å². The lowest BCUT2D eigenvalue weighted by molar-refractivity contribution is -0.146. The SMILES string of the molecule is C[C@@]1(C(=O)NCC2CCCC2)Oc2ccccc2NC1=O. The van der Waals surface area contributed by atoms with Gasteiger partial charge < -0.3 is 15.4 Å². The summed E-state index contributed by atoms with van der Waals surface area (Å²) in [5, 5.41) is 5.61. The Morgan fingerprint density at radius 2 is 2.10 bits per heavy atom. The van der Waals surface area contributed by atoms with Crippen LogP contribution in [0.1, 0.15) is 32.6 Å². The van der Waals surface area contributed by atoms with Crippen molar-refractivity contribution in [2.45, 2.75) is 38.2 Å². The summed E-state index contributed by atoms with van der Waals surface area (Å²) in [6.45, 7) is 2.13. The van der Waals surface area contributed by atoms with Crippen molar-refractivity contribution >= 4 is 17.5 Å². The van der Waals surface area contributed by atoms with E-state index in [1.165, 1.54) is 19.8 Å². The molecule has 0 aromatic heterocycles. The Hall–Kier alpha value is -2.04. The summed E-state index contributed by atoms with van der Waals surface area (Å²) in [5.41, 5.74) is -0.906. The first-order valence-corrected chi connectivity index (χ1v) is 7.47. The molecule has 1 fully saturated rings. The van der Waals surface area contributed by atoms with Gasteiger partial charge in [-0.1, -0.05) is 25.0 Å². The molecule has 0 spiro atoms. The van der Waals surface area contributed by atoms with Gasteiger partial charge in [0.1, 0.15) is 5.75 Å². The molecule has 1 aliphatic heterocycles. The number of fused-ring (bicyclic) bond motifs is 1. The van der Waals surface area contributed by atoms with Gasteiger partial charge in [0.15, 0.2) is 0 Å². The molecule has 5 heteroatoms. The zero-order chi connectivity index (χ0) is 14.9. The van der Waals surface area contributed by atoms with E-state index >= 15 is 0 Å². The Labute approximate surface area is 124 Å². The van der Waals surface area contributed by atoms with Crippen LogP contribution in [0.2, 0.25) is 0 Å². The van der Waals surface area contributed by atoms with E-state index in [1.54, 1.807) is 12.1 Å². The zero-order valence-corrected chi connectivity index (χ0v) is 12.1. The van der Waals surface area contributed by atoms with Crippen molar-refractivity contribution in [1.82, 2.24) is 5.32 Å². The minimum absolute atomic E-state index is 0.374. The average molecular weight is 288 g/mol. The van der Waals surface area contributed by atoms with Crippen molar-refractivity contribution in [3.8, 4) is 5.75 Å². The second-order valence-corrected chi connectivity index (χ2v) is 5.95. The molecule has 112 valence electrons. The fourth-order valence-electron chi connectivity index (χ4n) is 2.94. The van der Waals surface area contributed by atoms with Crippen molar-refractivity contribution in [3.05, 3.63) is 24.3 Å². The van der Waals surface area contributed by atoms with Crippen LogP contribution in [0.15, 0.2) is 24.3 Å². The molecule has 0 saturated heterocycles. The Morgan fingerprint density at radius 1 is 1.38 bits per heavy atom. The van der Waals surface area contributed by atoms with E-state index < -0.39 is 11.5 Å². The van der Waals surface area contributed by atoms with Gasteiger partial charge in [0.05, 0.1) is 5.69 Å². The maximum atomic E-state index is 12.4. The molecule has 1 atom stereocenters. The summed E-state index contributed by atoms with van der Waals surface area (Å²) in [7, 11) is 0. The molecule has 0 unspecified atom stereocenters. The molecule has 3 rings (SSSR count). The third-order valence-electron chi connectivity index (χ3n) is 4.34. The van der Waals surface area contributed by atoms with Crippen LogP contribution in [-0.4, -0.2) is 24.0 Å². The number of amides is 2. The number of benzene rings is 1. The molecule has 1 saturated carbocycles. The minimum Gasteiger partial charge on any atom is -0.466 e. The summed E-state index contributed by atoms with van der Waals surface area (Å²) in [6, 6.07) is 7.12. The minimum atomic E-state index is -1.51. The van der Waals surface area contributed by atoms with E-state index in [0.29, 0.717) is 23.9 Å².